The first kappa shape index (κ1) is 10.0. The van der Waals surface area contributed by atoms with E-state index in [4.69, 9.17) is 10.8 Å². The molecule has 0 aromatic carbocycles. The Kier molecular flexibility index (Phi) is 3.13. The summed E-state index contributed by atoms with van der Waals surface area (Å²) in [6, 6.07) is 0.00801. The fourth-order valence-electron chi connectivity index (χ4n) is 2.36. The van der Waals surface area contributed by atoms with E-state index in [1.165, 1.54) is 25.7 Å². The second-order valence-corrected chi connectivity index (χ2v) is 4.60. The van der Waals surface area contributed by atoms with Gasteiger partial charge in [-0.1, -0.05) is 20.3 Å². The van der Waals surface area contributed by atoms with Gasteiger partial charge < -0.3 is 10.8 Å². The predicted octanol–water partition coefficient (Wildman–Crippen LogP) is 1.52. The van der Waals surface area contributed by atoms with E-state index >= 15 is 0 Å². The second-order valence-electron chi connectivity index (χ2n) is 4.60. The van der Waals surface area contributed by atoms with Crippen LogP contribution in [0.15, 0.2) is 0 Å². The molecule has 0 saturated heterocycles. The largest absolute Gasteiger partial charge is 0.395 e. The summed E-state index contributed by atoms with van der Waals surface area (Å²) in [5, 5.41) is 9.02. The lowest BCUT2D eigenvalue weighted by Crippen LogP contribution is -2.49. The van der Waals surface area contributed by atoms with Gasteiger partial charge in [-0.2, -0.15) is 0 Å². The average Bonchev–Trinajstić information content (AvgIpc) is 1.95. The fraction of sp³-hybridized carbons (Fsp3) is 1.00. The van der Waals surface area contributed by atoms with Gasteiger partial charge in [-0.15, -0.1) is 0 Å². The maximum absolute atomic E-state index is 9.02. The number of nitrogens with two attached hydrogens (primary N) is 1. The third-order valence-corrected chi connectivity index (χ3v) is 3.15. The van der Waals surface area contributed by atoms with Crippen molar-refractivity contribution in [3.05, 3.63) is 0 Å². The SMILES string of the molecule is CC(C)CC1(C(N)CO)CCC1. The third-order valence-electron chi connectivity index (χ3n) is 3.15. The van der Waals surface area contributed by atoms with Gasteiger partial charge in [0.2, 0.25) is 0 Å². The monoisotopic (exact) mass is 171 g/mol. The summed E-state index contributed by atoms with van der Waals surface area (Å²) in [6.07, 6.45) is 4.90. The van der Waals surface area contributed by atoms with Gasteiger partial charge in [-0.25, -0.2) is 0 Å². The van der Waals surface area contributed by atoms with Crippen LogP contribution >= 0.6 is 0 Å². The molecule has 0 aromatic heterocycles. The van der Waals surface area contributed by atoms with E-state index in [9.17, 15) is 0 Å². The van der Waals surface area contributed by atoms with Crippen molar-refractivity contribution in [3.8, 4) is 0 Å². The molecule has 0 spiro atoms. The van der Waals surface area contributed by atoms with Crippen LogP contribution in [0.25, 0.3) is 0 Å². The van der Waals surface area contributed by atoms with E-state index in [0.717, 1.165) is 0 Å². The first-order chi connectivity index (χ1) is 5.60. The summed E-state index contributed by atoms with van der Waals surface area (Å²) in [5.74, 6) is 0.697. The zero-order chi connectivity index (χ0) is 9.19. The molecule has 1 aliphatic rings. The molecule has 12 heavy (non-hydrogen) atoms. The maximum atomic E-state index is 9.02. The van der Waals surface area contributed by atoms with E-state index in [1.807, 2.05) is 0 Å². The fourth-order valence-corrected chi connectivity index (χ4v) is 2.36. The van der Waals surface area contributed by atoms with Crippen LogP contribution in [0.5, 0.6) is 0 Å². The summed E-state index contributed by atoms with van der Waals surface area (Å²) in [7, 11) is 0. The number of hydrogen-bond donors (Lipinski definition) is 2. The highest BCUT2D eigenvalue weighted by molar-refractivity contribution is 4.95. The molecular weight excluding hydrogens is 150 g/mol. The Morgan fingerprint density at radius 1 is 1.42 bits per heavy atom. The van der Waals surface area contributed by atoms with E-state index < -0.39 is 0 Å². The Balaban J connectivity index is 2.50. The van der Waals surface area contributed by atoms with Gasteiger partial charge in [0.15, 0.2) is 0 Å². The molecule has 1 saturated carbocycles. The Morgan fingerprint density at radius 2 is 2.00 bits per heavy atom. The van der Waals surface area contributed by atoms with Crippen LogP contribution in [-0.4, -0.2) is 17.8 Å². The Labute approximate surface area is 75.2 Å². The molecular formula is C10H21NO. The average molecular weight is 171 g/mol. The molecule has 2 nitrogen and oxygen atoms in total. The van der Waals surface area contributed by atoms with E-state index in [1.54, 1.807) is 0 Å². The lowest BCUT2D eigenvalue weighted by atomic mass is 9.60. The minimum Gasteiger partial charge on any atom is -0.395 e. The van der Waals surface area contributed by atoms with Crippen molar-refractivity contribution in [3.63, 3.8) is 0 Å². The quantitative estimate of drug-likeness (QED) is 0.673. The van der Waals surface area contributed by atoms with Crippen molar-refractivity contribution in [2.75, 3.05) is 6.61 Å². The number of hydrogen-bond acceptors (Lipinski definition) is 2. The van der Waals surface area contributed by atoms with Crippen LogP contribution in [0.1, 0.15) is 39.5 Å². The smallest absolute Gasteiger partial charge is 0.0587 e. The first-order valence-electron chi connectivity index (χ1n) is 4.97. The topological polar surface area (TPSA) is 46.2 Å². The van der Waals surface area contributed by atoms with Crippen molar-refractivity contribution in [1.82, 2.24) is 0 Å². The number of aliphatic hydroxyl groups is 1. The van der Waals surface area contributed by atoms with Crippen LogP contribution in [0.2, 0.25) is 0 Å². The highest BCUT2D eigenvalue weighted by atomic mass is 16.3. The summed E-state index contributed by atoms with van der Waals surface area (Å²) in [5.41, 5.74) is 6.19. The summed E-state index contributed by atoms with van der Waals surface area (Å²) < 4.78 is 0. The van der Waals surface area contributed by atoms with Crippen molar-refractivity contribution in [2.24, 2.45) is 17.1 Å². The van der Waals surface area contributed by atoms with Crippen LogP contribution < -0.4 is 5.73 Å². The van der Waals surface area contributed by atoms with Crippen molar-refractivity contribution >= 4 is 0 Å². The van der Waals surface area contributed by atoms with Gasteiger partial charge in [0, 0.05) is 6.04 Å². The van der Waals surface area contributed by atoms with E-state index in [2.05, 4.69) is 13.8 Å². The van der Waals surface area contributed by atoms with E-state index in [0.29, 0.717) is 5.92 Å². The Hall–Kier alpha value is -0.0800. The summed E-state index contributed by atoms with van der Waals surface area (Å²) in [4.78, 5) is 0. The summed E-state index contributed by atoms with van der Waals surface area (Å²) >= 11 is 0. The van der Waals surface area contributed by atoms with Crippen molar-refractivity contribution < 1.29 is 5.11 Å². The Bertz CT molecular complexity index is 141. The van der Waals surface area contributed by atoms with Crippen LogP contribution in [0.3, 0.4) is 0 Å². The lowest BCUT2D eigenvalue weighted by molar-refractivity contribution is 0.0380. The molecule has 1 atom stereocenters. The van der Waals surface area contributed by atoms with Gasteiger partial charge in [-0.05, 0) is 30.6 Å². The minimum absolute atomic E-state index is 0.00801. The number of aliphatic hydroxyl groups excluding tert-OH is 1. The van der Waals surface area contributed by atoms with Gasteiger partial charge in [0.05, 0.1) is 6.61 Å². The molecule has 0 radical (unpaired) electrons. The van der Waals surface area contributed by atoms with Crippen molar-refractivity contribution in [1.29, 1.82) is 0 Å². The highest BCUT2D eigenvalue weighted by Gasteiger charge is 2.41. The molecule has 1 aliphatic carbocycles. The molecule has 2 heteroatoms. The van der Waals surface area contributed by atoms with Gasteiger partial charge in [-0.3, -0.25) is 0 Å². The highest BCUT2D eigenvalue weighted by Crippen LogP contribution is 2.47. The molecule has 1 unspecified atom stereocenters. The number of rotatable bonds is 4. The van der Waals surface area contributed by atoms with Gasteiger partial charge in [0.1, 0.15) is 0 Å². The standard InChI is InChI=1S/C10H21NO/c1-8(2)6-10(4-3-5-10)9(11)7-12/h8-9,12H,3-7,11H2,1-2H3. The second kappa shape index (κ2) is 3.75. The van der Waals surface area contributed by atoms with Crippen LogP contribution in [0, 0.1) is 11.3 Å². The van der Waals surface area contributed by atoms with E-state index in [-0.39, 0.29) is 18.1 Å². The molecule has 0 bridgehead atoms. The molecule has 72 valence electrons. The molecule has 3 N–H and O–H groups in total. The molecule has 0 aromatic rings. The summed E-state index contributed by atoms with van der Waals surface area (Å²) in [6.45, 7) is 4.60. The zero-order valence-corrected chi connectivity index (χ0v) is 8.21. The molecule has 0 aliphatic heterocycles. The van der Waals surface area contributed by atoms with Crippen LogP contribution in [-0.2, 0) is 0 Å². The molecule has 1 fully saturated rings. The van der Waals surface area contributed by atoms with Gasteiger partial charge >= 0.3 is 0 Å². The minimum atomic E-state index is 0.00801. The zero-order valence-electron chi connectivity index (χ0n) is 8.21. The predicted molar refractivity (Wildman–Crippen MR) is 50.8 cm³/mol. The first-order valence-corrected chi connectivity index (χ1v) is 4.97. The van der Waals surface area contributed by atoms with Crippen LogP contribution in [0.4, 0.5) is 0 Å². The normalized spacial score (nSPS) is 23.8. The molecule has 0 amide bonds. The molecule has 1 rings (SSSR count). The van der Waals surface area contributed by atoms with Gasteiger partial charge in [0.25, 0.3) is 0 Å². The Morgan fingerprint density at radius 3 is 2.25 bits per heavy atom. The maximum Gasteiger partial charge on any atom is 0.0587 e. The third kappa shape index (κ3) is 1.80. The lowest BCUT2D eigenvalue weighted by Gasteiger charge is -2.47. The molecule has 0 heterocycles. The van der Waals surface area contributed by atoms with Crippen molar-refractivity contribution in [2.45, 2.75) is 45.6 Å².